The van der Waals surface area contributed by atoms with Crippen LogP contribution in [0.2, 0.25) is 5.02 Å². The molecule has 2 aromatic rings. The number of hydrogen-bond acceptors (Lipinski definition) is 3. The van der Waals surface area contributed by atoms with Crippen LogP contribution in [0.3, 0.4) is 0 Å². The molecule has 0 radical (unpaired) electrons. The molecule has 1 unspecified atom stereocenters. The number of fused-ring (bicyclic) bond motifs is 1. The van der Waals surface area contributed by atoms with Gasteiger partial charge in [-0.05, 0) is 25.5 Å². The minimum atomic E-state index is -3.03. The second kappa shape index (κ2) is 5.28. The van der Waals surface area contributed by atoms with E-state index in [1.54, 1.807) is 13.1 Å². The van der Waals surface area contributed by atoms with Crippen LogP contribution >= 0.6 is 11.6 Å². The van der Waals surface area contributed by atoms with E-state index in [0.29, 0.717) is 22.4 Å². The number of aromatic amines is 1. The molecule has 1 atom stereocenters. The molecule has 5 nitrogen and oxygen atoms in total. The van der Waals surface area contributed by atoms with Gasteiger partial charge in [0.15, 0.2) is 9.84 Å². The lowest BCUT2D eigenvalue weighted by atomic mass is 10.1. The van der Waals surface area contributed by atoms with Crippen LogP contribution in [0, 0.1) is 6.92 Å². The Balaban J connectivity index is 2.01. The van der Waals surface area contributed by atoms with Crippen LogP contribution in [0.15, 0.2) is 18.2 Å². The van der Waals surface area contributed by atoms with E-state index < -0.39 is 9.84 Å². The molecule has 118 valence electrons. The molecule has 3 rings (SSSR count). The highest BCUT2D eigenvalue weighted by Crippen LogP contribution is 2.31. The van der Waals surface area contributed by atoms with E-state index >= 15 is 0 Å². The summed E-state index contributed by atoms with van der Waals surface area (Å²) in [6, 6.07) is 5.16. The van der Waals surface area contributed by atoms with Crippen molar-refractivity contribution in [2.75, 3.05) is 18.6 Å². The number of halogens is 1. The first-order valence-corrected chi connectivity index (χ1v) is 9.24. The third-order valence-electron chi connectivity index (χ3n) is 4.25. The zero-order valence-corrected chi connectivity index (χ0v) is 14.0. The summed E-state index contributed by atoms with van der Waals surface area (Å²) in [5, 5.41) is 1.21. The third-order valence-corrected chi connectivity index (χ3v) is 6.32. The maximum absolute atomic E-state index is 12.8. The second-order valence-electron chi connectivity index (χ2n) is 5.76. The van der Waals surface area contributed by atoms with Gasteiger partial charge in [0.05, 0.1) is 22.1 Å². The number of amides is 1. The molecular formula is C15H17ClN2O3S. The maximum Gasteiger partial charge on any atom is 0.256 e. The molecule has 1 aromatic heterocycles. The summed E-state index contributed by atoms with van der Waals surface area (Å²) in [6.07, 6.45) is 0.486. The standard InChI is InChI=1S/C15H17ClN2O3S/c1-9-13(14-11(16)4-3-5-12(14)17-9)15(19)18(2)10-6-7-22(20,21)8-10/h3-5,10,17H,6-8H2,1-2H3. The first-order chi connectivity index (χ1) is 10.3. The number of carbonyl (C=O) groups is 1. The molecular weight excluding hydrogens is 324 g/mol. The molecule has 7 heteroatoms. The summed E-state index contributed by atoms with van der Waals surface area (Å²) in [6.45, 7) is 1.82. The zero-order valence-electron chi connectivity index (χ0n) is 12.4. The summed E-state index contributed by atoms with van der Waals surface area (Å²) in [4.78, 5) is 17.5. The molecule has 1 fully saturated rings. The van der Waals surface area contributed by atoms with Crippen LogP contribution in [0.1, 0.15) is 22.5 Å². The predicted molar refractivity (Wildman–Crippen MR) is 87.2 cm³/mol. The second-order valence-corrected chi connectivity index (χ2v) is 8.40. The Labute approximate surface area is 134 Å². The van der Waals surface area contributed by atoms with Gasteiger partial charge in [-0.25, -0.2) is 8.42 Å². The third kappa shape index (κ3) is 2.50. The number of aromatic nitrogens is 1. The number of H-pyrrole nitrogens is 1. The lowest BCUT2D eigenvalue weighted by Gasteiger charge is -2.23. The molecule has 22 heavy (non-hydrogen) atoms. The summed E-state index contributed by atoms with van der Waals surface area (Å²) >= 11 is 6.24. The fourth-order valence-corrected chi connectivity index (χ4v) is 5.07. The minimum absolute atomic E-state index is 0.0321. The Morgan fingerprint density at radius 1 is 1.41 bits per heavy atom. The maximum atomic E-state index is 12.8. The van der Waals surface area contributed by atoms with Crippen molar-refractivity contribution < 1.29 is 13.2 Å². The van der Waals surface area contributed by atoms with Crippen LogP contribution in [-0.4, -0.2) is 48.8 Å². The predicted octanol–water partition coefficient (Wildman–Crippen LogP) is 2.39. The topological polar surface area (TPSA) is 70.2 Å². The van der Waals surface area contributed by atoms with E-state index in [2.05, 4.69) is 4.98 Å². The van der Waals surface area contributed by atoms with Gasteiger partial charge in [0.1, 0.15) is 0 Å². The van der Waals surface area contributed by atoms with Gasteiger partial charge in [-0.15, -0.1) is 0 Å². The van der Waals surface area contributed by atoms with Crippen molar-refractivity contribution in [3.05, 3.63) is 34.5 Å². The van der Waals surface area contributed by atoms with Crippen LogP contribution in [0.5, 0.6) is 0 Å². The van der Waals surface area contributed by atoms with Crippen molar-refractivity contribution in [2.45, 2.75) is 19.4 Å². The Morgan fingerprint density at radius 3 is 2.77 bits per heavy atom. The van der Waals surface area contributed by atoms with Crippen LogP contribution in [0.4, 0.5) is 0 Å². The Kier molecular flexibility index (Phi) is 3.69. The van der Waals surface area contributed by atoms with Crippen molar-refractivity contribution >= 4 is 38.2 Å². The number of nitrogens with one attached hydrogen (secondary N) is 1. The summed E-state index contributed by atoms with van der Waals surface area (Å²) < 4.78 is 23.2. The number of nitrogens with zero attached hydrogens (tertiary/aromatic N) is 1. The fourth-order valence-electron chi connectivity index (χ4n) is 3.02. The largest absolute Gasteiger partial charge is 0.358 e. The van der Waals surface area contributed by atoms with Crippen LogP contribution < -0.4 is 0 Å². The average Bonchev–Trinajstić information content (AvgIpc) is 2.97. The van der Waals surface area contributed by atoms with Gasteiger partial charge in [-0.3, -0.25) is 4.79 Å². The van der Waals surface area contributed by atoms with Gasteiger partial charge in [-0.2, -0.15) is 0 Å². The highest BCUT2D eigenvalue weighted by atomic mass is 35.5. The summed E-state index contributed by atoms with van der Waals surface area (Å²) in [7, 11) is -1.38. The number of carbonyl (C=O) groups excluding carboxylic acids is 1. The molecule has 1 saturated heterocycles. The molecule has 1 amide bonds. The van der Waals surface area contributed by atoms with Crippen molar-refractivity contribution in [2.24, 2.45) is 0 Å². The SMILES string of the molecule is Cc1[nH]c2cccc(Cl)c2c1C(=O)N(C)C1CCS(=O)(=O)C1. The van der Waals surface area contributed by atoms with E-state index in [1.807, 2.05) is 19.1 Å². The highest BCUT2D eigenvalue weighted by molar-refractivity contribution is 7.91. The van der Waals surface area contributed by atoms with Crippen molar-refractivity contribution in [1.82, 2.24) is 9.88 Å². The number of sulfone groups is 1. The van der Waals surface area contributed by atoms with Gasteiger partial charge in [-0.1, -0.05) is 17.7 Å². The van der Waals surface area contributed by atoms with Gasteiger partial charge < -0.3 is 9.88 Å². The van der Waals surface area contributed by atoms with Crippen LogP contribution in [0.25, 0.3) is 10.9 Å². The molecule has 0 saturated carbocycles. The molecule has 0 spiro atoms. The van der Waals surface area contributed by atoms with E-state index in [-0.39, 0.29) is 23.5 Å². The van der Waals surface area contributed by atoms with E-state index in [1.165, 1.54) is 4.90 Å². The molecule has 0 bridgehead atoms. The number of benzene rings is 1. The lowest BCUT2D eigenvalue weighted by Crippen LogP contribution is -2.38. The summed E-state index contributed by atoms with van der Waals surface area (Å²) in [5.74, 6) is -0.0215. The number of hydrogen-bond donors (Lipinski definition) is 1. The monoisotopic (exact) mass is 340 g/mol. The first kappa shape index (κ1) is 15.4. The smallest absolute Gasteiger partial charge is 0.256 e. The van der Waals surface area contributed by atoms with E-state index in [9.17, 15) is 13.2 Å². The van der Waals surface area contributed by atoms with Gasteiger partial charge >= 0.3 is 0 Å². The fraction of sp³-hybridized carbons (Fsp3) is 0.400. The highest BCUT2D eigenvalue weighted by Gasteiger charge is 2.34. The molecule has 0 aliphatic carbocycles. The first-order valence-electron chi connectivity index (χ1n) is 7.04. The zero-order chi connectivity index (χ0) is 16.1. The minimum Gasteiger partial charge on any atom is -0.358 e. The molecule has 2 heterocycles. The van der Waals surface area contributed by atoms with Gasteiger partial charge in [0, 0.05) is 29.7 Å². The Bertz CT molecular complexity index is 857. The van der Waals surface area contributed by atoms with Crippen molar-refractivity contribution in [3.8, 4) is 0 Å². The quantitative estimate of drug-likeness (QED) is 0.912. The molecule has 1 aliphatic heterocycles. The number of aryl methyl sites for hydroxylation is 1. The van der Waals surface area contributed by atoms with Gasteiger partial charge in [0.25, 0.3) is 5.91 Å². The normalized spacial score (nSPS) is 20.4. The Hall–Kier alpha value is -1.53. The number of rotatable bonds is 2. The molecule has 1 aliphatic rings. The average molecular weight is 341 g/mol. The molecule has 1 N–H and O–H groups in total. The van der Waals surface area contributed by atoms with E-state index in [0.717, 1.165) is 11.2 Å². The van der Waals surface area contributed by atoms with Crippen molar-refractivity contribution in [3.63, 3.8) is 0 Å². The van der Waals surface area contributed by atoms with Crippen molar-refractivity contribution in [1.29, 1.82) is 0 Å². The molecule has 1 aromatic carbocycles. The summed E-state index contributed by atoms with van der Waals surface area (Å²) in [5.41, 5.74) is 2.06. The van der Waals surface area contributed by atoms with Gasteiger partial charge in [0.2, 0.25) is 0 Å². The lowest BCUT2D eigenvalue weighted by molar-refractivity contribution is 0.0749. The van der Waals surface area contributed by atoms with E-state index in [4.69, 9.17) is 11.6 Å². The van der Waals surface area contributed by atoms with Crippen LogP contribution in [-0.2, 0) is 9.84 Å². The Morgan fingerprint density at radius 2 is 2.14 bits per heavy atom.